The third-order valence-electron chi connectivity index (χ3n) is 6.36. The normalized spacial score (nSPS) is 14.2. The van der Waals surface area contributed by atoms with E-state index in [0.29, 0.717) is 57.1 Å². The molecule has 2 N–H and O–H groups in total. The SMILES string of the molecule is COc1cc(-c2nc3n(n2)C(c2ccc([N+](=O)[O-])cc2)C(C(=O)Nc2cccnc2)=C(C)N3)cc(OC)c1OC. The third kappa shape index (κ3) is 4.75. The largest absolute Gasteiger partial charge is 0.493 e. The predicted octanol–water partition coefficient (Wildman–Crippen LogP) is 4.20. The number of carbonyl (C=O) groups is 1. The summed E-state index contributed by atoms with van der Waals surface area (Å²) in [5.74, 6) is 1.59. The molecule has 4 aromatic rings. The van der Waals surface area contributed by atoms with E-state index < -0.39 is 16.9 Å². The molecule has 0 saturated heterocycles. The van der Waals surface area contributed by atoms with Gasteiger partial charge in [-0.15, -0.1) is 5.10 Å². The lowest BCUT2D eigenvalue weighted by molar-refractivity contribution is -0.384. The average molecular weight is 544 g/mol. The number of fused-ring (bicyclic) bond motifs is 1. The standard InChI is InChI=1S/C27H25N7O6/c1-15-22(26(35)30-18-6-5-11-28-14-18)23(16-7-9-19(10-8-16)34(36)37)33-27(29-15)31-25(32-33)17-12-20(38-2)24(40-4)21(13-17)39-3/h5-14,23H,1-4H3,(H,30,35)(H,29,31,32). The monoisotopic (exact) mass is 543 g/mol. The van der Waals surface area contributed by atoms with Gasteiger partial charge in [-0.05, 0) is 48.9 Å². The van der Waals surface area contributed by atoms with E-state index in [1.54, 1.807) is 54.2 Å². The summed E-state index contributed by atoms with van der Waals surface area (Å²) < 4.78 is 18.0. The van der Waals surface area contributed by atoms with Crippen LogP contribution in [-0.4, -0.2) is 51.9 Å². The van der Waals surface area contributed by atoms with Crippen LogP contribution < -0.4 is 24.8 Å². The summed E-state index contributed by atoms with van der Waals surface area (Å²) in [6.07, 6.45) is 3.14. The number of aromatic nitrogens is 4. The lowest BCUT2D eigenvalue weighted by Crippen LogP contribution is -2.31. The van der Waals surface area contributed by atoms with E-state index in [1.807, 2.05) is 0 Å². The topological polar surface area (TPSA) is 156 Å². The van der Waals surface area contributed by atoms with Crippen molar-refractivity contribution < 1.29 is 23.9 Å². The van der Waals surface area contributed by atoms with Crippen molar-refractivity contribution in [3.05, 3.63) is 87.9 Å². The second kappa shape index (κ2) is 10.7. The first-order valence-corrected chi connectivity index (χ1v) is 12.0. The van der Waals surface area contributed by atoms with Crippen LogP contribution in [0.2, 0.25) is 0 Å². The summed E-state index contributed by atoms with van der Waals surface area (Å²) >= 11 is 0. The average Bonchev–Trinajstić information content (AvgIpc) is 3.39. The van der Waals surface area contributed by atoms with Gasteiger partial charge < -0.3 is 24.8 Å². The van der Waals surface area contributed by atoms with Gasteiger partial charge in [-0.3, -0.25) is 19.9 Å². The Bertz CT molecular complexity index is 1590. The Morgan fingerprint density at radius 2 is 1.77 bits per heavy atom. The molecule has 2 aromatic heterocycles. The quantitative estimate of drug-likeness (QED) is 0.244. The number of nitrogens with one attached hydrogen (secondary N) is 2. The number of nitro groups is 1. The number of non-ortho nitro benzene ring substituents is 1. The maximum atomic E-state index is 13.6. The molecule has 13 nitrogen and oxygen atoms in total. The Labute approximate surface area is 228 Å². The highest BCUT2D eigenvalue weighted by molar-refractivity contribution is 6.06. The molecule has 0 radical (unpaired) electrons. The number of pyridine rings is 1. The molecule has 40 heavy (non-hydrogen) atoms. The minimum atomic E-state index is -0.753. The fraction of sp³-hybridized carbons (Fsp3) is 0.185. The molecule has 1 atom stereocenters. The number of hydrogen-bond donors (Lipinski definition) is 2. The van der Waals surface area contributed by atoms with E-state index in [-0.39, 0.29) is 5.69 Å². The molecule has 0 fully saturated rings. The smallest absolute Gasteiger partial charge is 0.269 e. The highest BCUT2D eigenvalue weighted by Crippen LogP contribution is 2.42. The van der Waals surface area contributed by atoms with Crippen LogP contribution in [0.1, 0.15) is 18.5 Å². The Kier molecular flexibility index (Phi) is 7.01. The van der Waals surface area contributed by atoms with Crippen molar-refractivity contribution in [2.45, 2.75) is 13.0 Å². The number of ether oxygens (including phenoxy) is 3. The van der Waals surface area contributed by atoms with Gasteiger partial charge in [0.2, 0.25) is 11.7 Å². The van der Waals surface area contributed by atoms with Crippen LogP contribution in [0.4, 0.5) is 17.3 Å². The molecule has 204 valence electrons. The fourth-order valence-electron chi connectivity index (χ4n) is 4.50. The van der Waals surface area contributed by atoms with E-state index in [4.69, 9.17) is 19.3 Å². The lowest BCUT2D eigenvalue weighted by atomic mass is 9.95. The van der Waals surface area contributed by atoms with E-state index in [9.17, 15) is 14.9 Å². The summed E-state index contributed by atoms with van der Waals surface area (Å²) in [7, 11) is 4.54. The van der Waals surface area contributed by atoms with Crippen molar-refractivity contribution in [1.82, 2.24) is 19.7 Å². The molecular formula is C27H25N7O6. The molecule has 1 aliphatic heterocycles. The maximum absolute atomic E-state index is 13.6. The Balaban J connectivity index is 1.63. The third-order valence-corrected chi connectivity index (χ3v) is 6.36. The number of allylic oxidation sites excluding steroid dienone is 1. The number of nitrogens with zero attached hydrogens (tertiary/aromatic N) is 5. The van der Waals surface area contributed by atoms with Crippen molar-refractivity contribution in [3.63, 3.8) is 0 Å². The van der Waals surface area contributed by atoms with Gasteiger partial charge in [0.25, 0.3) is 11.6 Å². The minimum absolute atomic E-state index is 0.0725. The summed E-state index contributed by atoms with van der Waals surface area (Å²) in [6.45, 7) is 1.76. The number of amides is 1. The first-order valence-electron chi connectivity index (χ1n) is 12.0. The number of rotatable bonds is 8. The number of benzene rings is 2. The summed E-state index contributed by atoms with van der Waals surface area (Å²) in [5.41, 5.74) is 2.52. The highest BCUT2D eigenvalue weighted by Gasteiger charge is 2.35. The van der Waals surface area contributed by atoms with Crippen molar-refractivity contribution in [3.8, 4) is 28.6 Å². The van der Waals surface area contributed by atoms with E-state index in [1.165, 1.54) is 39.7 Å². The fourth-order valence-corrected chi connectivity index (χ4v) is 4.50. The van der Waals surface area contributed by atoms with Crippen LogP contribution in [0.5, 0.6) is 17.2 Å². The van der Waals surface area contributed by atoms with Crippen molar-refractivity contribution in [2.24, 2.45) is 0 Å². The first-order chi connectivity index (χ1) is 19.3. The molecule has 13 heteroatoms. The van der Waals surface area contributed by atoms with E-state index in [2.05, 4.69) is 20.6 Å². The molecule has 1 unspecified atom stereocenters. The van der Waals surface area contributed by atoms with Crippen molar-refractivity contribution >= 4 is 23.2 Å². The summed E-state index contributed by atoms with van der Waals surface area (Å²) in [6, 6.07) is 12.1. The number of anilines is 2. The summed E-state index contributed by atoms with van der Waals surface area (Å²) in [4.78, 5) is 33.1. The van der Waals surface area contributed by atoms with Crippen LogP contribution >= 0.6 is 0 Å². The number of carbonyl (C=O) groups excluding carboxylic acids is 1. The van der Waals surface area contributed by atoms with E-state index in [0.717, 1.165) is 0 Å². The van der Waals surface area contributed by atoms with Crippen LogP contribution in [0.15, 0.2) is 72.2 Å². The van der Waals surface area contributed by atoms with Crippen LogP contribution in [-0.2, 0) is 4.79 Å². The van der Waals surface area contributed by atoms with Crippen molar-refractivity contribution in [2.75, 3.05) is 32.0 Å². The lowest BCUT2D eigenvalue weighted by Gasteiger charge is -2.28. The van der Waals surface area contributed by atoms with E-state index >= 15 is 0 Å². The molecule has 5 rings (SSSR count). The minimum Gasteiger partial charge on any atom is -0.493 e. The van der Waals surface area contributed by atoms with Crippen LogP contribution in [0.3, 0.4) is 0 Å². The van der Waals surface area contributed by atoms with Gasteiger partial charge in [0.05, 0.1) is 43.7 Å². The molecule has 1 aliphatic rings. The zero-order valence-electron chi connectivity index (χ0n) is 22.0. The van der Waals surface area contributed by atoms with Gasteiger partial charge >= 0.3 is 0 Å². The van der Waals surface area contributed by atoms with Gasteiger partial charge in [-0.1, -0.05) is 0 Å². The second-order valence-electron chi connectivity index (χ2n) is 8.73. The number of methoxy groups -OCH3 is 3. The molecule has 0 bridgehead atoms. The Morgan fingerprint density at radius 3 is 2.35 bits per heavy atom. The number of hydrogen-bond acceptors (Lipinski definition) is 10. The molecule has 3 heterocycles. The number of nitro benzene ring substituents is 1. The molecule has 0 spiro atoms. The van der Waals surface area contributed by atoms with Gasteiger partial charge in [0, 0.05) is 29.6 Å². The molecular weight excluding hydrogens is 518 g/mol. The molecule has 2 aromatic carbocycles. The Morgan fingerprint density at radius 1 is 1.07 bits per heavy atom. The maximum Gasteiger partial charge on any atom is 0.269 e. The first kappa shape index (κ1) is 26.2. The Hall–Kier alpha value is -5.46. The van der Waals surface area contributed by atoms with Crippen LogP contribution in [0, 0.1) is 10.1 Å². The van der Waals surface area contributed by atoms with Crippen molar-refractivity contribution in [1.29, 1.82) is 0 Å². The predicted molar refractivity (Wildman–Crippen MR) is 146 cm³/mol. The van der Waals surface area contributed by atoms with Gasteiger partial charge in [0.15, 0.2) is 17.3 Å². The van der Waals surface area contributed by atoms with Crippen LogP contribution in [0.25, 0.3) is 11.4 Å². The molecule has 0 aliphatic carbocycles. The van der Waals surface area contributed by atoms with Gasteiger partial charge in [-0.25, -0.2) is 4.68 Å². The van der Waals surface area contributed by atoms with Gasteiger partial charge in [-0.2, -0.15) is 4.98 Å². The molecule has 0 saturated carbocycles. The zero-order chi connectivity index (χ0) is 28.4. The molecule has 1 amide bonds. The second-order valence-corrected chi connectivity index (χ2v) is 8.73. The van der Waals surface area contributed by atoms with Gasteiger partial charge in [0.1, 0.15) is 6.04 Å². The zero-order valence-corrected chi connectivity index (χ0v) is 22.0. The highest BCUT2D eigenvalue weighted by atomic mass is 16.6. The summed E-state index contributed by atoms with van der Waals surface area (Å²) in [5, 5.41) is 22.1.